The maximum Gasteiger partial charge on any atom is 0.272 e. The molecule has 2 rings (SSSR count). The molecule has 0 spiro atoms. The van der Waals surface area contributed by atoms with Crippen LogP contribution in [0.2, 0.25) is 0 Å². The van der Waals surface area contributed by atoms with Gasteiger partial charge >= 0.3 is 0 Å². The summed E-state index contributed by atoms with van der Waals surface area (Å²) < 4.78 is 0.994. The second kappa shape index (κ2) is 5.24. The van der Waals surface area contributed by atoms with Crippen LogP contribution >= 0.6 is 27.3 Å². The van der Waals surface area contributed by atoms with Crippen LogP contribution in [0.4, 0.5) is 0 Å². The predicted molar refractivity (Wildman–Crippen MR) is 68.0 cm³/mol. The van der Waals surface area contributed by atoms with Crippen LogP contribution in [0.25, 0.3) is 0 Å². The molecule has 0 radical (unpaired) electrons. The number of nitrogens with zero attached hydrogens (tertiary/aromatic N) is 1. The fourth-order valence-electron chi connectivity index (χ4n) is 1.18. The topological polar surface area (TPSA) is 74.8 Å². The molecule has 88 valence electrons. The molecule has 0 fully saturated rings. The number of hydrogen-bond donors (Lipinski definition) is 2. The van der Waals surface area contributed by atoms with Crippen molar-refractivity contribution in [1.82, 2.24) is 15.5 Å². The second-order valence-corrected chi connectivity index (χ2v) is 5.13. The Morgan fingerprint density at radius 3 is 2.94 bits per heavy atom. The summed E-state index contributed by atoms with van der Waals surface area (Å²) in [4.78, 5) is 23.4. The van der Waals surface area contributed by atoms with Crippen molar-refractivity contribution in [3.8, 4) is 0 Å². The minimum Gasteiger partial charge on any atom is -0.346 e. The molecule has 1 amide bonds. The van der Waals surface area contributed by atoms with E-state index < -0.39 is 0 Å². The number of carbonyl (C=O) groups is 1. The van der Waals surface area contributed by atoms with Crippen molar-refractivity contribution in [2.45, 2.75) is 6.54 Å². The zero-order valence-electron chi connectivity index (χ0n) is 8.57. The van der Waals surface area contributed by atoms with Gasteiger partial charge in [-0.2, -0.15) is 5.10 Å². The Bertz CT molecular complexity index is 573. The first-order chi connectivity index (χ1) is 8.15. The van der Waals surface area contributed by atoms with Crippen molar-refractivity contribution < 1.29 is 4.79 Å². The highest BCUT2D eigenvalue weighted by Crippen LogP contribution is 2.19. The van der Waals surface area contributed by atoms with Gasteiger partial charge in [-0.05, 0) is 28.1 Å². The summed E-state index contributed by atoms with van der Waals surface area (Å²) in [6, 6.07) is 4.59. The van der Waals surface area contributed by atoms with Gasteiger partial charge in [0.15, 0.2) is 0 Å². The Labute approximate surface area is 109 Å². The number of halogens is 1. The molecule has 2 N–H and O–H groups in total. The Morgan fingerprint density at radius 2 is 2.35 bits per heavy atom. The van der Waals surface area contributed by atoms with Crippen molar-refractivity contribution in [2.24, 2.45) is 0 Å². The molecule has 0 saturated carbocycles. The number of aromatic amines is 1. The van der Waals surface area contributed by atoms with Gasteiger partial charge in [0.2, 0.25) is 0 Å². The van der Waals surface area contributed by atoms with E-state index >= 15 is 0 Å². The lowest BCUT2D eigenvalue weighted by Crippen LogP contribution is -2.24. The van der Waals surface area contributed by atoms with Gasteiger partial charge < -0.3 is 5.32 Å². The van der Waals surface area contributed by atoms with Crippen molar-refractivity contribution in [2.75, 3.05) is 0 Å². The van der Waals surface area contributed by atoms with E-state index in [1.54, 1.807) is 11.3 Å². The molecular formula is C10H8BrN3O2S. The average molecular weight is 314 g/mol. The molecule has 7 heteroatoms. The maximum atomic E-state index is 11.6. The van der Waals surface area contributed by atoms with Gasteiger partial charge in [-0.3, -0.25) is 9.59 Å². The summed E-state index contributed by atoms with van der Waals surface area (Å²) in [5.74, 6) is -0.314. The Hall–Kier alpha value is -1.47. The van der Waals surface area contributed by atoms with Crippen molar-refractivity contribution in [1.29, 1.82) is 0 Å². The molecule has 17 heavy (non-hydrogen) atoms. The highest BCUT2D eigenvalue weighted by Gasteiger charge is 2.07. The molecule has 0 aliphatic rings. The first-order valence-electron chi connectivity index (χ1n) is 4.72. The summed E-state index contributed by atoms with van der Waals surface area (Å²) >= 11 is 4.89. The summed E-state index contributed by atoms with van der Waals surface area (Å²) in [5, 5.41) is 10.5. The third kappa shape index (κ3) is 3.24. The molecule has 0 aromatic carbocycles. The van der Waals surface area contributed by atoms with Crippen molar-refractivity contribution >= 4 is 33.2 Å². The highest BCUT2D eigenvalue weighted by atomic mass is 79.9. The molecule has 5 nitrogen and oxygen atoms in total. The standard InChI is InChI=1S/C10H8BrN3O2S/c11-6-3-7(17-5-6)4-12-10(16)8-1-2-9(15)14-13-8/h1-3,5H,4H2,(H,12,16)(H,14,15). The molecule has 0 aliphatic carbocycles. The van der Waals surface area contributed by atoms with Crippen molar-refractivity contribution in [3.63, 3.8) is 0 Å². The van der Waals surface area contributed by atoms with E-state index in [9.17, 15) is 9.59 Å². The van der Waals surface area contributed by atoms with E-state index in [0.717, 1.165) is 9.35 Å². The van der Waals surface area contributed by atoms with Gasteiger partial charge in [-0.15, -0.1) is 11.3 Å². The molecule has 2 aromatic heterocycles. The van der Waals surface area contributed by atoms with E-state index in [4.69, 9.17) is 0 Å². The monoisotopic (exact) mass is 313 g/mol. The molecular weight excluding hydrogens is 306 g/mol. The van der Waals surface area contributed by atoms with Crippen LogP contribution in [0.3, 0.4) is 0 Å². The zero-order valence-corrected chi connectivity index (χ0v) is 11.0. The summed E-state index contributed by atoms with van der Waals surface area (Å²) in [6.45, 7) is 0.440. The maximum absolute atomic E-state index is 11.6. The first-order valence-corrected chi connectivity index (χ1v) is 6.39. The van der Waals surface area contributed by atoms with Crippen LogP contribution in [0, 0.1) is 0 Å². The van der Waals surface area contributed by atoms with Gasteiger partial charge in [-0.25, -0.2) is 5.10 Å². The largest absolute Gasteiger partial charge is 0.346 e. The quantitative estimate of drug-likeness (QED) is 0.902. The summed E-state index contributed by atoms with van der Waals surface area (Å²) in [6.07, 6.45) is 0. The molecule has 0 atom stereocenters. The Morgan fingerprint density at radius 1 is 1.53 bits per heavy atom. The number of nitrogens with one attached hydrogen (secondary N) is 2. The smallest absolute Gasteiger partial charge is 0.272 e. The normalized spacial score (nSPS) is 10.2. The van der Waals surface area contributed by atoms with Gasteiger partial charge in [0, 0.05) is 20.8 Å². The van der Waals surface area contributed by atoms with Gasteiger partial charge in [0.05, 0.1) is 6.54 Å². The second-order valence-electron chi connectivity index (χ2n) is 3.22. The number of thiophene rings is 1. The van der Waals surface area contributed by atoms with Crippen LogP contribution in [-0.2, 0) is 6.54 Å². The Kier molecular flexibility index (Phi) is 3.70. The third-order valence-electron chi connectivity index (χ3n) is 1.96. The number of amides is 1. The van der Waals surface area contributed by atoms with Crippen LogP contribution < -0.4 is 10.9 Å². The molecule has 0 unspecified atom stereocenters. The first kappa shape index (κ1) is 12.0. The third-order valence-corrected chi connectivity index (χ3v) is 3.65. The lowest BCUT2D eigenvalue weighted by Gasteiger charge is -2.01. The van der Waals surface area contributed by atoms with E-state index in [-0.39, 0.29) is 17.2 Å². The van der Waals surface area contributed by atoms with Gasteiger partial charge in [0.25, 0.3) is 11.5 Å². The molecule has 0 bridgehead atoms. The Balaban J connectivity index is 1.98. The molecule has 2 heterocycles. The fraction of sp³-hybridized carbons (Fsp3) is 0.100. The minimum absolute atomic E-state index is 0.195. The van der Waals surface area contributed by atoms with Gasteiger partial charge in [-0.1, -0.05) is 0 Å². The van der Waals surface area contributed by atoms with Crippen LogP contribution in [0.5, 0.6) is 0 Å². The fourth-order valence-corrected chi connectivity index (χ4v) is 2.57. The highest BCUT2D eigenvalue weighted by molar-refractivity contribution is 9.10. The number of carbonyl (C=O) groups excluding carboxylic acids is 1. The average Bonchev–Trinajstić information content (AvgIpc) is 2.73. The minimum atomic E-state index is -0.330. The van der Waals surface area contributed by atoms with Crippen LogP contribution in [0.1, 0.15) is 15.4 Å². The lowest BCUT2D eigenvalue weighted by atomic mass is 10.3. The summed E-state index contributed by atoms with van der Waals surface area (Å²) in [5.41, 5.74) is -0.135. The SMILES string of the molecule is O=C(NCc1cc(Br)cs1)c1ccc(=O)[nH]n1. The van der Waals surface area contributed by atoms with E-state index in [0.29, 0.717) is 6.54 Å². The lowest BCUT2D eigenvalue weighted by molar-refractivity contribution is 0.0945. The van der Waals surface area contributed by atoms with E-state index in [1.165, 1.54) is 12.1 Å². The molecule has 2 aromatic rings. The number of H-pyrrole nitrogens is 1. The number of rotatable bonds is 3. The zero-order chi connectivity index (χ0) is 12.3. The summed E-state index contributed by atoms with van der Waals surface area (Å²) in [7, 11) is 0. The van der Waals surface area contributed by atoms with Crippen LogP contribution in [-0.4, -0.2) is 16.1 Å². The van der Waals surface area contributed by atoms with E-state index in [1.807, 2.05) is 11.4 Å². The van der Waals surface area contributed by atoms with Gasteiger partial charge in [0.1, 0.15) is 5.69 Å². The van der Waals surface area contributed by atoms with E-state index in [2.05, 4.69) is 31.4 Å². The number of hydrogen-bond acceptors (Lipinski definition) is 4. The van der Waals surface area contributed by atoms with Crippen LogP contribution in [0.15, 0.2) is 32.8 Å². The van der Waals surface area contributed by atoms with Crippen molar-refractivity contribution in [3.05, 3.63) is 49.0 Å². The molecule has 0 aliphatic heterocycles. The molecule has 0 saturated heterocycles. The predicted octanol–water partition coefficient (Wildman–Crippen LogP) is 1.52. The number of aromatic nitrogens is 2.